The smallest absolute Gasteiger partial charge is 0.872 e. The first-order chi connectivity index (χ1) is 23.3. The van der Waals surface area contributed by atoms with E-state index in [9.17, 15) is 24.9 Å². The Kier molecular flexibility index (Phi) is 30.2. The van der Waals surface area contributed by atoms with E-state index in [2.05, 4.69) is 13.8 Å². The van der Waals surface area contributed by atoms with E-state index in [4.69, 9.17) is 5.11 Å². The molecule has 0 spiro atoms. The molecule has 2 aromatic carbocycles. The quantitative estimate of drug-likeness (QED) is 0.0677. The molecule has 6 nitrogen and oxygen atoms in total. The van der Waals surface area contributed by atoms with Gasteiger partial charge >= 0.3 is 29.0 Å². The van der Waals surface area contributed by atoms with Gasteiger partial charge in [-0.3, -0.25) is 0 Å². The number of hydrogen-bond acceptors (Lipinski definition) is 5. The van der Waals surface area contributed by atoms with Crippen molar-refractivity contribution in [3.63, 3.8) is 0 Å². The summed E-state index contributed by atoms with van der Waals surface area (Å²) in [5.74, 6) is -3.04. The maximum atomic E-state index is 11.6. The molecular weight excluding hydrogens is 625 g/mol. The number of aromatic hydroxyl groups is 1. The molecule has 0 aromatic heterocycles. The van der Waals surface area contributed by atoms with E-state index in [1.54, 1.807) is 12.1 Å². The number of phenols is 1. The zero-order valence-corrected chi connectivity index (χ0v) is 32.5. The molecule has 0 saturated carbocycles. The Morgan fingerprint density at radius 3 is 1.16 bits per heavy atom. The topological polar surface area (TPSA) is 121 Å². The van der Waals surface area contributed by atoms with Gasteiger partial charge in [0.25, 0.3) is 0 Å². The van der Waals surface area contributed by atoms with E-state index in [-0.39, 0.29) is 39.9 Å². The summed E-state index contributed by atoms with van der Waals surface area (Å²) in [6, 6.07) is 9.42. The van der Waals surface area contributed by atoms with Crippen molar-refractivity contribution in [1.29, 1.82) is 0 Å². The number of benzene rings is 2. The molecule has 49 heavy (non-hydrogen) atoms. The van der Waals surface area contributed by atoms with Gasteiger partial charge in [-0.15, -0.1) is 0 Å². The normalized spacial score (nSPS) is 10.7. The van der Waals surface area contributed by atoms with E-state index in [1.165, 1.54) is 159 Å². The molecule has 0 fully saturated rings. The average molecular weight is 691 g/mol. The summed E-state index contributed by atoms with van der Waals surface area (Å²) >= 11 is 0. The number of rotatable bonds is 28. The predicted molar refractivity (Wildman–Crippen MR) is 201 cm³/mol. The van der Waals surface area contributed by atoms with Crippen LogP contribution in [-0.4, -0.2) is 45.2 Å². The second kappa shape index (κ2) is 31.7. The fourth-order valence-electron chi connectivity index (χ4n) is 6.14. The van der Waals surface area contributed by atoms with E-state index in [0.717, 1.165) is 36.8 Å². The first kappa shape index (κ1) is 46.7. The van der Waals surface area contributed by atoms with Gasteiger partial charge in [-0.05, 0) is 54.5 Å². The minimum atomic E-state index is -1.39. The third-order valence-corrected chi connectivity index (χ3v) is 9.20. The number of carbonyl (C=O) groups excluding carboxylic acids is 1. The molecule has 0 aliphatic rings. The average Bonchev–Trinajstić information content (AvgIpc) is 3.06. The van der Waals surface area contributed by atoms with E-state index < -0.39 is 17.7 Å². The second-order valence-electron chi connectivity index (χ2n) is 13.6. The molecule has 0 bridgehead atoms. The van der Waals surface area contributed by atoms with Crippen molar-refractivity contribution in [1.82, 2.24) is 0 Å². The molecule has 0 aliphatic carbocycles. The van der Waals surface area contributed by atoms with Crippen molar-refractivity contribution < 1.29 is 30.0 Å². The van der Waals surface area contributed by atoms with Crippen molar-refractivity contribution in [2.75, 3.05) is 0 Å². The Hall–Kier alpha value is -2.25. The third kappa shape index (κ3) is 24.5. The SMILES string of the molecule is CCCCCCCCCCCCCCc1ccc(C(=O)O)c(O)c1.CCCCCCCCCCCCCCc1ccc(C(=O)[O-])c([O-])c1.[Mg+2]. The van der Waals surface area contributed by atoms with Crippen LogP contribution < -0.4 is 10.2 Å². The summed E-state index contributed by atoms with van der Waals surface area (Å²) < 4.78 is 0. The van der Waals surface area contributed by atoms with Crippen LogP contribution in [0.25, 0.3) is 0 Å². The summed E-state index contributed by atoms with van der Waals surface area (Å²) in [4.78, 5) is 21.5. The van der Waals surface area contributed by atoms with Crippen LogP contribution in [0.5, 0.6) is 11.5 Å². The van der Waals surface area contributed by atoms with Crippen molar-refractivity contribution >= 4 is 35.0 Å². The van der Waals surface area contributed by atoms with Crippen LogP contribution in [0, 0.1) is 0 Å². The maximum absolute atomic E-state index is 11.6. The Labute approximate surface area is 314 Å². The fourth-order valence-corrected chi connectivity index (χ4v) is 6.14. The Balaban J connectivity index is 0.000000922. The van der Waals surface area contributed by atoms with Gasteiger partial charge in [0.1, 0.15) is 11.3 Å². The predicted octanol–water partition coefficient (Wildman–Crippen LogP) is 10.3. The molecule has 0 saturated heterocycles. The van der Waals surface area contributed by atoms with Gasteiger partial charge in [0.15, 0.2) is 0 Å². The molecule has 0 atom stereocenters. The zero-order valence-electron chi connectivity index (χ0n) is 31.1. The van der Waals surface area contributed by atoms with Gasteiger partial charge in [0.2, 0.25) is 0 Å². The van der Waals surface area contributed by atoms with Gasteiger partial charge in [0, 0.05) is 0 Å². The third-order valence-electron chi connectivity index (χ3n) is 9.20. The molecule has 0 heterocycles. The van der Waals surface area contributed by atoms with Crippen LogP contribution in [0.2, 0.25) is 0 Å². The molecule has 7 heteroatoms. The number of hydrogen-bond donors (Lipinski definition) is 2. The Morgan fingerprint density at radius 1 is 0.531 bits per heavy atom. The van der Waals surface area contributed by atoms with Crippen LogP contribution >= 0.6 is 0 Å². The molecule has 0 aliphatic heterocycles. The number of aromatic carboxylic acids is 2. The van der Waals surface area contributed by atoms with Gasteiger partial charge < -0.3 is 25.2 Å². The monoisotopic (exact) mass is 690 g/mol. The van der Waals surface area contributed by atoms with Crippen LogP contribution in [0.3, 0.4) is 0 Å². The van der Waals surface area contributed by atoms with E-state index >= 15 is 0 Å². The van der Waals surface area contributed by atoms with Crippen LogP contribution in [0.4, 0.5) is 0 Å². The molecule has 2 rings (SSSR count). The van der Waals surface area contributed by atoms with Gasteiger partial charge in [-0.1, -0.05) is 185 Å². The van der Waals surface area contributed by atoms with Crippen molar-refractivity contribution in [2.45, 2.75) is 181 Å². The number of carbonyl (C=O) groups is 2. The summed E-state index contributed by atoms with van der Waals surface area (Å²) in [6.45, 7) is 4.51. The molecular formula is C42H66MgO6. The van der Waals surface area contributed by atoms with Crippen LogP contribution in [0.1, 0.15) is 200 Å². The summed E-state index contributed by atoms with van der Waals surface area (Å²) in [5.41, 5.74) is 1.68. The Morgan fingerprint density at radius 2 is 0.857 bits per heavy atom. The van der Waals surface area contributed by atoms with E-state index in [1.807, 2.05) is 6.07 Å². The maximum Gasteiger partial charge on any atom is 2.00 e. The number of unbranched alkanes of at least 4 members (excludes halogenated alkanes) is 22. The van der Waals surface area contributed by atoms with Crippen molar-refractivity contribution in [3.8, 4) is 11.5 Å². The fraction of sp³-hybridized carbons (Fsp3) is 0.667. The second-order valence-corrected chi connectivity index (χ2v) is 13.6. The first-order valence-electron chi connectivity index (χ1n) is 19.4. The summed E-state index contributed by atoms with van der Waals surface area (Å²) in [6.07, 6.45) is 33.4. The number of carboxylic acids is 2. The minimum absolute atomic E-state index is 0. The summed E-state index contributed by atoms with van der Waals surface area (Å²) in [5, 5.41) is 40.8. The van der Waals surface area contributed by atoms with Gasteiger partial charge in [-0.25, -0.2) is 4.79 Å². The molecule has 2 N–H and O–H groups in total. The molecule has 0 amide bonds. The molecule has 2 aromatic rings. The van der Waals surface area contributed by atoms with Crippen LogP contribution in [0.15, 0.2) is 36.4 Å². The van der Waals surface area contributed by atoms with Crippen molar-refractivity contribution in [2.24, 2.45) is 0 Å². The standard InChI is InChI=1S/2C21H34O3.Mg/c2*1-2-3-4-5-6-7-8-9-10-11-12-13-14-18-15-16-19(21(23)24)20(22)17-18;/h2*15-17,22H,2-14H2,1H3,(H,23,24);/q;;+2/p-2. The van der Waals surface area contributed by atoms with E-state index in [0.29, 0.717) is 0 Å². The number of carboxylic acid groups (broad SMARTS) is 2. The van der Waals surface area contributed by atoms with Crippen LogP contribution in [-0.2, 0) is 12.8 Å². The number of aryl methyl sites for hydroxylation is 2. The molecule has 0 radical (unpaired) electrons. The molecule has 272 valence electrons. The first-order valence-corrected chi connectivity index (χ1v) is 19.4. The largest absolute Gasteiger partial charge is 2.00 e. The zero-order chi connectivity index (χ0) is 35.2. The minimum Gasteiger partial charge on any atom is -0.872 e. The summed E-state index contributed by atoms with van der Waals surface area (Å²) in [7, 11) is 0. The molecule has 0 unspecified atom stereocenters. The Bertz CT molecular complexity index is 1030. The van der Waals surface area contributed by atoms with Crippen molar-refractivity contribution in [3.05, 3.63) is 58.7 Å². The van der Waals surface area contributed by atoms with Gasteiger partial charge in [-0.2, -0.15) is 0 Å². The van der Waals surface area contributed by atoms with Gasteiger partial charge in [0.05, 0.1) is 5.97 Å².